The van der Waals surface area contributed by atoms with Crippen LogP contribution in [0.15, 0.2) is 12.1 Å². The highest BCUT2D eigenvalue weighted by Gasteiger charge is 2.23. The van der Waals surface area contributed by atoms with Crippen LogP contribution in [0.2, 0.25) is 0 Å². The molecule has 0 unspecified atom stereocenters. The maximum atomic E-state index is 13.6. The second kappa shape index (κ2) is 3.00. The topological polar surface area (TPSA) is 38.0 Å². The normalized spacial score (nSPS) is 17.1. The average Bonchev–Trinajstić information content (AvgIpc) is 2.03. The van der Waals surface area contributed by atoms with Crippen LogP contribution in [-0.4, -0.2) is 13.1 Å². The summed E-state index contributed by atoms with van der Waals surface area (Å²) in [7, 11) is 0. The minimum atomic E-state index is -0.133. The van der Waals surface area contributed by atoms with Crippen molar-refractivity contribution in [3.05, 3.63) is 29.1 Å². The van der Waals surface area contributed by atoms with E-state index in [1.807, 2.05) is 0 Å². The third-order valence-corrected chi connectivity index (χ3v) is 2.68. The number of hydrogen-bond donors (Lipinski definition) is 2. The van der Waals surface area contributed by atoms with Gasteiger partial charge in [-0.1, -0.05) is 6.07 Å². The number of nitrogen functional groups attached to an aromatic ring is 1. The van der Waals surface area contributed by atoms with Gasteiger partial charge in [0.2, 0.25) is 0 Å². The third kappa shape index (κ3) is 1.29. The lowest BCUT2D eigenvalue weighted by Gasteiger charge is -2.28. The molecule has 0 atom stereocenters. The van der Waals surface area contributed by atoms with Crippen molar-refractivity contribution in [3.8, 4) is 0 Å². The van der Waals surface area contributed by atoms with E-state index >= 15 is 0 Å². The number of nitrogens with one attached hydrogen (secondary N) is 1. The van der Waals surface area contributed by atoms with Gasteiger partial charge in [-0.25, -0.2) is 4.39 Å². The van der Waals surface area contributed by atoms with E-state index in [1.54, 1.807) is 19.1 Å². The van der Waals surface area contributed by atoms with Crippen molar-refractivity contribution in [3.63, 3.8) is 0 Å². The quantitative estimate of drug-likeness (QED) is 0.641. The minimum Gasteiger partial charge on any atom is -0.398 e. The van der Waals surface area contributed by atoms with Gasteiger partial charge in [-0.15, -0.1) is 0 Å². The molecule has 2 nitrogen and oxygen atoms in total. The lowest BCUT2D eigenvalue weighted by molar-refractivity contribution is 0.430. The Bertz CT molecular complexity index is 332. The highest BCUT2D eigenvalue weighted by Crippen LogP contribution is 2.27. The fraction of sp³-hybridized carbons (Fsp3) is 0.400. The van der Waals surface area contributed by atoms with Crippen molar-refractivity contribution in [2.45, 2.75) is 12.8 Å². The zero-order chi connectivity index (χ0) is 9.42. The van der Waals surface area contributed by atoms with E-state index in [9.17, 15) is 4.39 Å². The van der Waals surface area contributed by atoms with Crippen molar-refractivity contribution in [1.82, 2.24) is 5.32 Å². The zero-order valence-corrected chi connectivity index (χ0v) is 7.60. The van der Waals surface area contributed by atoms with Crippen molar-refractivity contribution in [2.75, 3.05) is 18.8 Å². The molecule has 3 heteroatoms. The summed E-state index contributed by atoms with van der Waals surface area (Å²) in [6.45, 7) is 3.47. The number of anilines is 1. The highest BCUT2D eigenvalue weighted by atomic mass is 19.1. The molecule has 1 aromatic rings. The Morgan fingerprint density at radius 3 is 2.69 bits per heavy atom. The molecular formula is C10H13FN2. The van der Waals surface area contributed by atoms with E-state index in [-0.39, 0.29) is 5.82 Å². The summed E-state index contributed by atoms with van der Waals surface area (Å²) >= 11 is 0. The van der Waals surface area contributed by atoms with Crippen LogP contribution in [0.25, 0.3) is 0 Å². The van der Waals surface area contributed by atoms with E-state index < -0.39 is 0 Å². The molecule has 1 heterocycles. The maximum Gasteiger partial charge on any atom is 0.131 e. The molecule has 2 rings (SSSR count). The summed E-state index contributed by atoms with van der Waals surface area (Å²) < 4.78 is 13.6. The van der Waals surface area contributed by atoms with Gasteiger partial charge in [0.1, 0.15) is 5.82 Å². The molecule has 3 N–H and O–H groups in total. The Hall–Kier alpha value is -1.09. The first-order valence-corrected chi connectivity index (χ1v) is 4.45. The van der Waals surface area contributed by atoms with Gasteiger partial charge in [-0.3, -0.25) is 0 Å². The summed E-state index contributed by atoms with van der Waals surface area (Å²) in [5.41, 5.74) is 7.50. The molecule has 0 aliphatic carbocycles. The van der Waals surface area contributed by atoms with Crippen LogP contribution in [0.4, 0.5) is 10.1 Å². The van der Waals surface area contributed by atoms with Gasteiger partial charge < -0.3 is 11.1 Å². The second-order valence-corrected chi connectivity index (χ2v) is 3.54. The molecule has 70 valence electrons. The predicted molar refractivity (Wildman–Crippen MR) is 51.2 cm³/mol. The van der Waals surface area contributed by atoms with E-state index in [0.29, 0.717) is 17.2 Å². The summed E-state index contributed by atoms with van der Waals surface area (Å²) in [4.78, 5) is 0. The fourth-order valence-corrected chi connectivity index (χ4v) is 1.54. The van der Waals surface area contributed by atoms with Crippen LogP contribution in [0, 0.1) is 12.7 Å². The van der Waals surface area contributed by atoms with Gasteiger partial charge in [0.05, 0.1) is 0 Å². The van der Waals surface area contributed by atoms with Gasteiger partial charge in [0.15, 0.2) is 0 Å². The largest absolute Gasteiger partial charge is 0.398 e. The highest BCUT2D eigenvalue weighted by molar-refractivity contribution is 5.49. The number of benzene rings is 1. The minimum absolute atomic E-state index is 0.133. The Balaban J connectivity index is 2.41. The molecule has 1 aromatic carbocycles. The first-order valence-electron chi connectivity index (χ1n) is 4.45. The Morgan fingerprint density at radius 2 is 2.15 bits per heavy atom. The summed E-state index contributed by atoms with van der Waals surface area (Å²) in [6.07, 6.45) is 0. The second-order valence-electron chi connectivity index (χ2n) is 3.54. The average molecular weight is 180 g/mol. The van der Waals surface area contributed by atoms with E-state index in [4.69, 9.17) is 5.73 Å². The molecule has 0 amide bonds. The van der Waals surface area contributed by atoms with Crippen molar-refractivity contribution < 1.29 is 4.39 Å². The molecule has 0 aromatic heterocycles. The van der Waals surface area contributed by atoms with Gasteiger partial charge >= 0.3 is 0 Å². The van der Waals surface area contributed by atoms with Crippen LogP contribution >= 0.6 is 0 Å². The number of halogens is 1. The van der Waals surface area contributed by atoms with Crippen molar-refractivity contribution in [2.24, 2.45) is 0 Å². The molecule has 0 spiro atoms. The Morgan fingerprint density at radius 1 is 1.46 bits per heavy atom. The Kier molecular flexibility index (Phi) is 1.96. The SMILES string of the molecule is Cc1c(N)ccc(C2CNC2)c1F. The van der Waals surface area contributed by atoms with Crippen LogP contribution in [0.3, 0.4) is 0 Å². The smallest absolute Gasteiger partial charge is 0.131 e. The van der Waals surface area contributed by atoms with E-state index in [1.165, 1.54) is 0 Å². The lowest BCUT2D eigenvalue weighted by atomic mass is 9.91. The Labute approximate surface area is 76.9 Å². The summed E-state index contributed by atoms with van der Waals surface area (Å²) in [5.74, 6) is 0.200. The first kappa shape index (κ1) is 8.51. The fourth-order valence-electron chi connectivity index (χ4n) is 1.54. The molecule has 1 saturated heterocycles. The van der Waals surface area contributed by atoms with E-state index in [0.717, 1.165) is 18.7 Å². The van der Waals surface area contributed by atoms with Gasteiger partial charge in [-0.05, 0) is 18.6 Å². The first-order chi connectivity index (χ1) is 6.20. The number of hydrogen-bond acceptors (Lipinski definition) is 2. The predicted octanol–water partition coefficient (Wildman–Crippen LogP) is 1.40. The van der Waals surface area contributed by atoms with Crippen LogP contribution in [0.5, 0.6) is 0 Å². The molecule has 1 aliphatic rings. The maximum absolute atomic E-state index is 13.6. The molecule has 13 heavy (non-hydrogen) atoms. The van der Waals surface area contributed by atoms with Gasteiger partial charge in [0, 0.05) is 30.3 Å². The van der Waals surface area contributed by atoms with E-state index in [2.05, 4.69) is 5.32 Å². The summed E-state index contributed by atoms with van der Waals surface area (Å²) in [6, 6.07) is 3.58. The van der Waals surface area contributed by atoms with Crippen LogP contribution in [0.1, 0.15) is 17.0 Å². The lowest BCUT2D eigenvalue weighted by Crippen LogP contribution is -2.40. The van der Waals surface area contributed by atoms with Crippen LogP contribution in [-0.2, 0) is 0 Å². The monoisotopic (exact) mass is 180 g/mol. The molecule has 1 aliphatic heterocycles. The zero-order valence-electron chi connectivity index (χ0n) is 7.60. The number of nitrogens with two attached hydrogens (primary N) is 1. The molecule has 1 fully saturated rings. The molecular weight excluding hydrogens is 167 g/mol. The third-order valence-electron chi connectivity index (χ3n) is 2.68. The van der Waals surface area contributed by atoms with Crippen molar-refractivity contribution in [1.29, 1.82) is 0 Å². The van der Waals surface area contributed by atoms with Crippen LogP contribution < -0.4 is 11.1 Å². The molecule has 0 radical (unpaired) electrons. The van der Waals surface area contributed by atoms with Gasteiger partial charge in [-0.2, -0.15) is 0 Å². The standard InChI is InChI=1S/C10H13FN2/c1-6-9(12)3-2-8(10(6)11)7-4-13-5-7/h2-3,7,13H,4-5,12H2,1H3. The number of rotatable bonds is 1. The molecule has 0 bridgehead atoms. The summed E-state index contributed by atoms with van der Waals surface area (Å²) in [5, 5.41) is 3.12. The molecule has 0 saturated carbocycles. The van der Waals surface area contributed by atoms with Gasteiger partial charge in [0.25, 0.3) is 0 Å². The van der Waals surface area contributed by atoms with Crippen molar-refractivity contribution >= 4 is 5.69 Å².